The minimum absolute atomic E-state index is 0.211. The average Bonchev–Trinajstić information content (AvgIpc) is 2.42. The SMILES string of the molecule is CCC(CCc1cccc(F)c1)CC(N)C(=O)OC. The molecule has 0 aliphatic heterocycles. The lowest BCUT2D eigenvalue weighted by Gasteiger charge is -2.18. The van der Waals surface area contributed by atoms with Crippen LogP contribution in [0.3, 0.4) is 0 Å². The maximum atomic E-state index is 13.1. The molecule has 0 aliphatic rings. The van der Waals surface area contributed by atoms with Gasteiger partial charge in [-0.15, -0.1) is 0 Å². The van der Waals surface area contributed by atoms with Gasteiger partial charge in [-0.1, -0.05) is 25.5 Å². The minimum atomic E-state index is -0.567. The summed E-state index contributed by atoms with van der Waals surface area (Å²) in [5.41, 5.74) is 6.74. The average molecular weight is 267 g/mol. The van der Waals surface area contributed by atoms with Crippen LogP contribution in [-0.4, -0.2) is 19.1 Å². The third kappa shape index (κ3) is 5.39. The molecule has 2 N–H and O–H groups in total. The highest BCUT2D eigenvalue weighted by Gasteiger charge is 2.18. The molecular weight excluding hydrogens is 245 g/mol. The number of nitrogens with two attached hydrogens (primary N) is 1. The number of halogens is 1. The molecule has 3 nitrogen and oxygen atoms in total. The lowest BCUT2D eigenvalue weighted by molar-refractivity contribution is -0.142. The van der Waals surface area contributed by atoms with Crippen molar-refractivity contribution in [3.8, 4) is 0 Å². The predicted octanol–water partition coefficient (Wildman–Crippen LogP) is 2.67. The molecular formula is C15H22FNO2. The van der Waals surface area contributed by atoms with Crippen molar-refractivity contribution in [3.05, 3.63) is 35.6 Å². The molecule has 0 amide bonds. The number of rotatable bonds is 7. The Morgan fingerprint density at radius 3 is 2.79 bits per heavy atom. The van der Waals surface area contributed by atoms with Crippen LogP contribution in [0.25, 0.3) is 0 Å². The Bertz CT molecular complexity index is 409. The minimum Gasteiger partial charge on any atom is -0.468 e. The summed E-state index contributed by atoms with van der Waals surface area (Å²) in [4.78, 5) is 11.3. The van der Waals surface area contributed by atoms with Gasteiger partial charge < -0.3 is 10.5 Å². The second kappa shape index (κ2) is 7.89. The molecule has 0 bridgehead atoms. The fraction of sp³-hybridized carbons (Fsp3) is 0.533. The molecule has 0 fully saturated rings. The van der Waals surface area contributed by atoms with Gasteiger partial charge in [-0.2, -0.15) is 0 Å². The molecule has 1 aromatic carbocycles. The standard InChI is InChI=1S/C15H22FNO2/c1-3-11(10-14(17)15(18)19-2)7-8-12-5-4-6-13(16)9-12/h4-6,9,11,14H,3,7-8,10,17H2,1-2H3. The quantitative estimate of drug-likeness (QED) is 0.773. The van der Waals surface area contributed by atoms with Gasteiger partial charge in [0.05, 0.1) is 7.11 Å². The normalized spacial score (nSPS) is 13.9. The summed E-state index contributed by atoms with van der Waals surface area (Å²) in [6.07, 6.45) is 3.24. The molecule has 106 valence electrons. The maximum absolute atomic E-state index is 13.1. The van der Waals surface area contributed by atoms with E-state index in [4.69, 9.17) is 5.73 Å². The first-order valence-electron chi connectivity index (χ1n) is 6.64. The van der Waals surface area contributed by atoms with E-state index in [1.54, 1.807) is 12.1 Å². The summed E-state index contributed by atoms with van der Waals surface area (Å²) >= 11 is 0. The van der Waals surface area contributed by atoms with Gasteiger partial charge in [-0.05, 0) is 42.9 Å². The van der Waals surface area contributed by atoms with Gasteiger partial charge in [-0.3, -0.25) is 4.79 Å². The van der Waals surface area contributed by atoms with Crippen molar-refractivity contribution >= 4 is 5.97 Å². The van der Waals surface area contributed by atoms with Crippen molar-refractivity contribution in [2.45, 2.75) is 38.6 Å². The highest BCUT2D eigenvalue weighted by Crippen LogP contribution is 2.18. The van der Waals surface area contributed by atoms with E-state index < -0.39 is 6.04 Å². The largest absolute Gasteiger partial charge is 0.468 e. The highest BCUT2D eigenvalue weighted by atomic mass is 19.1. The first-order chi connectivity index (χ1) is 9.06. The fourth-order valence-electron chi connectivity index (χ4n) is 2.16. The molecule has 19 heavy (non-hydrogen) atoms. The van der Waals surface area contributed by atoms with Crippen LogP contribution in [0.1, 0.15) is 31.7 Å². The maximum Gasteiger partial charge on any atom is 0.322 e. The van der Waals surface area contributed by atoms with Gasteiger partial charge in [0.2, 0.25) is 0 Å². The number of ether oxygens (including phenoxy) is 1. The van der Waals surface area contributed by atoms with Crippen molar-refractivity contribution < 1.29 is 13.9 Å². The number of methoxy groups -OCH3 is 1. The zero-order valence-electron chi connectivity index (χ0n) is 11.6. The summed E-state index contributed by atoms with van der Waals surface area (Å²) < 4.78 is 17.7. The molecule has 0 saturated carbocycles. The molecule has 2 unspecified atom stereocenters. The number of hydrogen-bond donors (Lipinski definition) is 1. The summed E-state index contributed by atoms with van der Waals surface area (Å²) in [6.45, 7) is 2.07. The van der Waals surface area contributed by atoms with E-state index >= 15 is 0 Å². The van der Waals surface area contributed by atoms with Crippen molar-refractivity contribution in [1.29, 1.82) is 0 Å². The van der Waals surface area contributed by atoms with E-state index in [0.717, 1.165) is 24.8 Å². The van der Waals surface area contributed by atoms with Crippen molar-refractivity contribution in [2.75, 3.05) is 7.11 Å². The third-order valence-corrected chi connectivity index (χ3v) is 3.40. The Labute approximate surface area is 113 Å². The summed E-state index contributed by atoms with van der Waals surface area (Å²) in [6, 6.07) is 6.05. The van der Waals surface area contributed by atoms with Crippen LogP contribution in [0.2, 0.25) is 0 Å². The summed E-state index contributed by atoms with van der Waals surface area (Å²) in [5, 5.41) is 0. The molecule has 0 saturated heterocycles. The number of carbonyl (C=O) groups excluding carboxylic acids is 1. The van der Waals surface area contributed by atoms with E-state index in [1.165, 1.54) is 13.2 Å². The van der Waals surface area contributed by atoms with E-state index in [2.05, 4.69) is 11.7 Å². The lowest BCUT2D eigenvalue weighted by atomic mass is 9.91. The lowest BCUT2D eigenvalue weighted by Crippen LogP contribution is -2.33. The van der Waals surface area contributed by atoms with Gasteiger partial charge in [-0.25, -0.2) is 4.39 Å². The molecule has 0 aromatic heterocycles. The number of esters is 1. The van der Waals surface area contributed by atoms with Crippen molar-refractivity contribution in [2.24, 2.45) is 11.7 Å². The predicted molar refractivity (Wildman–Crippen MR) is 73.1 cm³/mol. The summed E-state index contributed by atoms with van der Waals surface area (Å²) in [7, 11) is 1.34. The highest BCUT2D eigenvalue weighted by molar-refractivity contribution is 5.75. The monoisotopic (exact) mass is 267 g/mol. The first-order valence-corrected chi connectivity index (χ1v) is 6.64. The molecule has 0 aliphatic carbocycles. The van der Waals surface area contributed by atoms with Crippen molar-refractivity contribution in [1.82, 2.24) is 0 Å². The molecule has 1 rings (SSSR count). The van der Waals surface area contributed by atoms with Gasteiger partial charge in [0.25, 0.3) is 0 Å². The van der Waals surface area contributed by atoms with E-state index in [0.29, 0.717) is 12.3 Å². The Morgan fingerprint density at radius 1 is 1.47 bits per heavy atom. The zero-order valence-corrected chi connectivity index (χ0v) is 11.6. The summed E-state index contributed by atoms with van der Waals surface area (Å²) in [5.74, 6) is -0.238. The molecule has 4 heteroatoms. The van der Waals surface area contributed by atoms with Crippen LogP contribution in [0.15, 0.2) is 24.3 Å². The van der Waals surface area contributed by atoms with Gasteiger partial charge in [0.1, 0.15) is 11.9 Å². The van der Waals surface area contributed by atoms with Crippen LogP contribution in [0.4, 0.5) is 4.39 Å². The van der Waals surface area contributed by atoms with Crippen molar-refractivity contribution in [3.63, 3.8) is 0 Å². The van der Waals surface area contributed by atoms with Crippen LogP contribution in [0, 0.1) is 11.7 Å². The molecule has 2 atom stereocenters. The van der Waals surface area contributed by atoms with Crippen LogP contribution >= 0.6 is 0 Å². The van der Waals surface area contributed by atoms with Crippen LogP contribution in [0.5, 0.6) is 0 Å². The number of hydrogen-bond acceptors (Lipinski definition) is 3. The number of carbonyl (C=O) groups is 1. The van der Waals surface area contributed by atoms with Gasteiger partial charge in [0, 0.05) is 0 Å². The molecule has 1 aromatic rings. The van der Waals surface area contributed by atoms with E-state index in [9.17, 15) is 9.18 Å². The van der Waals surface area contributed by atoms with Crippen LogP contribution in [-0.2, 0) is 16.0 Å². The van der Waals surface area contributed by atoms with E-state index in [-0.39, 0.29) is 11.8 Å². The Kier molecular flexibility index (Phi) is 6.50. The second-order valence-corrected chi connectivity index (χ2v) is 4.81. The van der Waals surface area contributed by atoms with Gasteiger partial charge in [0.15, 0.2) is 0 Å². The van der Waals surface area contributed by atoms with E-state index in [1.807, 2.05) is 6.07 Å². The van der Waals surface area contributed by atoms with Gasteiger partial charge >= 0.3 is 5.97 Å². The smallest absolute Gasteiger partial charge is 0.322 e. The fourth-order valence-corrected chi connectivity index (χ4v) is 2.16. The number of aryl methyl sites for hydroxylation is 1. The van der Waals surface area contributed by atoms with Crippen LogP contribution < -0.4 is 5.73 Å². The Morgan fingerprint density at radius 2 is 2.21 bits per heavy atom. The molecule has 0 heterocycles. The third-order valence-electron chi connectivity index (χ3n) is 3.40. The molecule has 0 radical (unpaired) electrons. The second-order valence-electron chi connectivity index (χ2n) is 4.81. The Hall–Kier alpha value is -1.42. The first kappa shape index (κ1) is 15.6. The molecule has 0 spiro atoms. The Balaban J connectivity index is 2.46. The topological polar surface area (TPSA) is 52.3 Å². The number of benzene rings is 1. The zero-order chi connectivity index (χ0) is 14.3.